The van der Waals surface area contributed by atoms with Crippen LogP contribution in [0.1, 0.15) is 44.7 Å². The summed E-state index contributed by atoms with van der Waals surface area (Å²) in [4.78, 5) is 0. The van der Waals surface area contributed by atoms with Crippen molar-refractivity contribution in [3.8, 4) is 0 Å². The van der Waals surface area contributed by atoms with E-state index in [0.717, 1.165) is 18.4 Å². The zero-order valence-corrected chi connectivity index (χ0v) is 12.5. The quantitative estimate of drug-likeness (QED) is 0.904. The molecule has 108 valence electrons. The van der Waals surface area contributed by atoms with Crippen molar-refractivity contribution in [2.75, 3.05) is 6.61 Å². The standard InChI is InChI=1S/C18H25NO/c1-18(2)16(14-10-11-20-17(14)18)19-15(13-8-9-13)12-6-4-3-5-7-12/h3-7,13-17,19H,8-11H2,1-2H3. The highest BCUT2D eigenvalue weighted by Crippen LogP contribution is 2.54. The highest BCUT2D eigenvalue weighted by atomic mass is 16.5. The van der Waals surface area contributed by atoms with E-state index in [-0.39, 0.29) is 5.41 Å². The predicted molar refractivity (Wildman–Crippen MR) is 80.5 cm³/mol. The average molecular weight is 271 g/mol. The second-order valence-corrected chi connectivity index (χ2v) is 7.44. The van der Waals surface area contributed by atoms with Gasteiger partial charge in [0.2, 0.25) is 0 Å². The Morgan fingerprint density at radius 3 is 2.60 bits per heavy atom. The van der Waals surface area contributed by atoms with Crippen LogP contribution >= 0.6 is 0 Å². The number of fused-ring (bicyclic) bond motifs is 1. The maximum atomic E-state index is 5.92. The molecule has 3 fully saturated rings. The molecular formula is C18H25NO. The molecule has 3 aliphatic rings. The van der Waals surface area contributed by atoms with E-state index in [2.05, 4.69) is 49.5 Å². The summed E-state index contributed by atoms with van der Waals surface area (Å²) in [5.41, 5.74) is 1.75. The molecule has 1 aromatic rings. The third kappa shape index (κ3) is 1.93. The van der Waals surface area contributed by atoms with Crippen molar-refractivity contribution in [3.63, 3.8) is 0 Å². The average Bonchev–Trinajstić information content (AvgIpc) is 3.18. The Hall–Kier alpha value is -0.860. The highest BCUT2D eigenvalue weighted by molar-refractivity contribution is 5.23. The topological polar surface area (TPSA) is 21.3 Å². The minimum atomic E-state index is 0.281. The predicted octanol–water partition coefficient (Wildman–Crippen LogP) is 3.54. The van der Waals surface area contributed by atoms with Crippen molar-refractivity contribution in [3.05, 3.63) is 35.9 Å². The lowest BCUT2D eigenvalue weighted by atomic mass is 9.57. The van der Waals surface area contributed by atoms with Crippen molar-refractivity contribution in [1.82, 2.24) is 5.32 Å². The molecule has 2 saturated carbocycles. The van der Waals surface area contributed by atoms with E-state index in [4.69, 9.17) is 4.74 Å². The maximum Gasteiger partial charge on any atom is 0.0685 e. The Morgan fingerprint density at radius 1 is 1.15 bits per heavy atom. The van der Waals surface area contributed by atoms with Crippen LogP contribution < -0.4 is 5.32 Å². The first kappa shape index (κ1) is 12.8. The first-order chi connectivity index (χ1) is 9.68. The summed E-state index contributed by atoms with van der Waals surface area (Å²) >= 11 is 0. The molecule has 0 spiro atoms. The molecule has 1 aliphatic heterocycles. The van der Waals surface area contributed by atoms with Crippen molar-refractivity contribution in [2.24, 2.45) is 17.3 Å². The van der Waals surface area contributed by atoms with E-state index >= 15 is 0 Å². The molecule has 0 amide bonds. The molecule has 4 unspecified atom stereocenters. The number of rotatable bonds is 4. The SMILES string of the molecule is CC1(C)C(NC(c2ccccc2)C2CC2)C2CCOC21. The van der Waals surface area contributed by atoms with Crippen molar-refractivity contribution in [2.45, 2.75) is 51.3 Å². The summed E-state index contributed by atoms with van der Waals surface area (Å²) in [5.74, 6) is 1.57. The third-order valence-corrected chi connectivity index (χ3v) is 5.71. The zero-order valence-electron chi connectivity index (χ0n) is 12.5. The van der Waals surface area contributed by atoms with Crippen LogP contribution in [0.4, 0.5) is 0 Å². The summed E-state index contributed by atoms with van der Waals surface area (Å²) in [7, 11) is 0. The van der Waals surface area contributed by atoms with Crippen LogP contribution in [0.15, 0.2) is 30.3 Å². The summed E-state index contributed by atoms with van der Waals surface area (Å²) in [6.45, 7) is 5.69. The van der Waals surface area contributed by atoms with Gasteiger partial charge in [0.25, 0.3) is 0 Å². The molecular weight excluding hydrogens is 246 g/mol. The Morgan fingerprint density at radius 2 is 1.90 bits per heavy atom. The van der Waals surface area contributed by atoms with Gasteiger partial charge in [0.1, 0.15) is 0 Å². The van der Waals surface area contributed by atoms with Crippen LogP contribution in [0.5, 0.6) is 0 Å². The molecule has 4 rings (SSSR count). The molecule has 0 aromatic heterocycles. The lowest BCUT2D eigenvalue weighted by Gasteiger charge is -2.56. The Labute approximate surface area is 121 Å². The highest BCUT2D eigenvalue weighted by Gasteiger charge is 2.59. The van der Waals surface area contributed by atoms with Gasteiger partial charge in [-0.3, -0.25) is 0 Å². The second-order valence-electron chi connectivity index (χ2n) is 7.44. The Kier molecular flexibility index (Phi) is 2.94. The molecule has 1 aromatic carbocycles. The normalized spacial score (nSPS) is 36.2. The molecule has 2 aliphatic carbocycles. The van der Waals surface area contributed by atoms with Crippen molar-refractivity contribution >= 4 is 0 Å². The number of hydrogen-bond acceptors (Lipinski definition) is 2. The lowest BCUT2D eigenvalue weighted by Crippen LogP contribution is -2.66. The summed E-state index contributed by atoms with van der Waals surface area (Å²) in [6.07, 6.45) is 4.47. The van der Waals surface area contributed by atoms with Gasteiger partial charge in [-0.1, -0.05) is 44.2 Å². The molecule has 1 heterocycles. The van der Waals surface area contributed by atoms with Gasteiger partial charge in [-0.2, -0.15) is 0 Å². The minimum Gasteiger partial charge on any atom is -0.377 e. The molecule has 2 heteroatoms. The van der Waals surface area contributed by atoms with Crippen molar-refractivity contribution in [1.29, 1.82) is 0 Å². The van der Waals surface area contributed by atoms with E-state index in [1.54, 1.807) is 0 Å². The van der Waals surface area contributed by atoms with Crippen LogP contribution in [0.3, 0.4) is 0 Å². The second kappa shape index (κ2) is 4.57. The number of ether oxygens (including phenoxy) is 1. The molecule has 1 N–H and O–H groups in total. The molecule has 20 heavy (non-hydrogen) atoms. The van der Waals surface area contributed by atoms with Gasteiger partial charge in [-0.25, -0.2) is 0 Å². The fourth-order valence-corrected chi connectivity index (χ4v) is 4.45. The monoisotopic (exact) mass is 271 g/mol. The van der Waals surface area contributed by atoms with Crippen LogP contribution in [0, 0.1) is 17.3 Å². The minimum absolute atomic E-state index is 0.281. The fraction of sp³-hybridized carbons (Fsp3) is 0.667. The number of nitrogens with one attached hydrogen (secondary N) is 1. The first-order valence-corrected chi connectivity index (χ1v) is 8.10. The van der Waals surface area contributed by atoms with Gasteiger partial charge in [0.05, 0.1) is 6.10 Å². The molecule has 4 atom stereocenters. The maximum absolute atomic E-state index is 5.92. The first-order valence-electron chi connectivity index (χ1n) is 8.10. The summed E-state index contributed by atoms with van der Waals surface area (Å²) in [6, 6.07) is 12.2. The van der Waals surface area contributed by atoms with Crippen molar-refractivity contribution < 1.29 is 4.74 Å². The molecule has 0 radical (unpaired) electrons. The Bertz CT molecular complexity index is 479. The van der Waals surface area contributed by atoms with Crippen LogP contribution in [0.2, 0.25) is 0 Å². The van der Waals surface area contributed by atoms with E-state index in [9.17, 15) is 0 Å². The van der Waals surface area contributed by atoms with Gasteiger partial charge in [-0.05, 0) is 30.7 Å². The molecule has 0 bridgehead atoms. The molecule has 2 nitrogen and oxygen atoms in total. The van der Waals surface area contributed by atoms with E-state index in [0.29, 0.717) is 18.2 Å². The van der Waals surface area contributed by atoms with Crippen LogP contribution in [-0.4, -0.2) is 18.8 Å². The fourth-order valence-electron chi connectivity index (χ4n) is 4.45. The Balaban J connectivity index is 1.54. The van der Waals surface area contributed by atoms with Gasteiger partial charge >= 0.3 is 0 Å². The van der Waals surface area contributed by atoms with Gasteiger partial charge in [0.15, 0.2) is 0 Å². The van der Waals surface area contributed by atoms with Crippen LogP contribution in [0.25, 0.3) is 0 Å². The van der Waals surface area contributed by atoms with Crippen LogP contribution in [-0.2, 0) is 4.74 Å². The number of hydrogen-bond donors (Lipinski definition) is 1. The summed E-state index contributed by atoms with van der Waals surface area (Å²) in [5, 5.41) is 4.01. The van der Waals surface area contributed by atoms with Gasteiger partial charge in [0, 0.05) is 30.0 Å². The van der Waals surface area contributed by atoms with Gasteiger partial charge in [-0.15, -0.1) is 0 Å². The van der Waals surface area contributed by atoms with Gasteiger partial charge < -0.3 is 10.1 Å². The molecule has 1 saturated heterocycles. The smallest absolute Gasteiger partial charge is 0.0685 e. The summed E-state index contributed by atoms with van der Waals surface area (Å²) < 4.78 is 5.92. The van der Waals surface area contributed by atoms with E-state index < -0.39 is 0 Å². The zero-order chi connectivity index (χ0) is 13.7. The van der Waals surface area contributed by atoms with E-state index in [1.807, 2.05) is 0 Å². The lowest BCUT2D eigenvalue weighted by molar-refractivity contribution is -0.116. The number of benzene rings is 1. The van der Waals surface area contributed by atoms with E-state index in [1.165, 1.54) is 24.8 Å². The third-order valence-electron chi connectivity index (χ3n) is 5.71. The largest absolute Gasteiger partial charge is 0.377 e.